The largest absolute Gasteiger partial charge is 0.296 e. The van der Waals surface area contributed by atoms with Crippen molar-refractivity contribution < 1.29 is 0 Å². The summed E-state index contributed by atoms with van der Waals surface area (Å²) in [5.74, 6) is 0. The molecule has 1 nitrogen and oxygen atoms in total. The molecule has 0 aliphatic heterocycles. The first-order valence-electron chi connectivity index (χ1n) is 2.52. The first-order chi connectivity index (χ1) is 3.81. The van der Waals surface area contributed by atoms with Crippen molar-refractivity contribution in [2.45, 2.75) is 6.92 Å². The molecule has 0 amide bonds. The molecule has 0 radical (unpaired) electrons. The summed E-state index contributed by atoms with van der Waals surface area (Å²) in [7, 11) is 1.75. The van der Waals surface area contributed by atoms with Crippen molar-refractivity contribution in [2.75, 3.05) is 7.05 Å². The van der Waals surface area contributed by atoms with Crippen LogP contribution in [0.4, 0.5) is 0 Å². The van der Waals surface area contributed by atoms with E-state index in [-0.39, 0.29) is 0 Å². The maximum atomic E-state index is 3.81. The number of rotatable bonds is 2. The molecule has 0 atom stereocenters. The highest BCUT2D eigenvalue weighted by Gasteiger charge is 1.73. The van der Waals surface area contributed by atoms with Gasteiger partial charge < -0.3 is 0 Å². The Kier molecular flexibility index (Phi) is 3.85. The van der Waals surface area contributed by atoms with Gasteiger partial charge in [0.15, 0.2) is 0 Å². The van der Waals surface area contributed by atoms with E-state index in [1.54, 1.807) is 19.3 Å². The lowest BCUT2D eigenvalue weighted by Crippen LogP contribution is -1.73. The quantitative estimate of drug-likeness (QED) is 0.379. The molecule has 0 aliphatic carbocycles. The lowest BCUT2D eigenvalue weighted by molar-refractivity contribution is 1.45. The maximum absolute atomic E-state index is 3.81. The molecule has 0 saturated heterocycles. The molecule has 0 aromatic rings. The molecule has 0 N–H and O–H groups in total. The molecule has 0 aromatic carbocycles. The van der Waals surface area contributed by atoms with Crippen molar-refractivity contribution in [3.63, 3.8) is 0 Å². The second kappa shape index (κ2) is 4.31. The van der Waals surface area contributed by atoms with Crippen LogP contribution in [0, 0.1) is 0 Å². The summed E-state index contributed by atoms with van der Waals surface area (Å²) >= 11 is 0. The number of nitrogens with zero attached hydrogens (tertiary/aromatic N) is 1. The summed E-state index contributed by atoms with van der Waals surface area (Å²) in [6.45, 7) is 5.53. The van der Waals surface area contributed by atoms with Gasteiger partial charge in [-0.1, -0.05) is 18.7 Å². The predicted octanol–water partition coefficient (Wildman–Crippen LogP) is 1.82. The predicted molar refractivity (Wildman–Crippen MR) is 38.4 cm³/mol. The lowest BCUT2D eigenvalue weighted by Gasteiger charge is -1.81. The third-order valence-corrected chi connectivity index (χ3v) is 0.713. The van der Waals surface area contributed by atoms with Gasteiger partial charge in [-0.05, 0) is 12.5 Å². The minimum Gasteiger partial charge on any atom is -0.296 e. The Morgan fingerprint density at radius 1 is 1.62 bits per heavy atom. The first-order valence-corrected chi connectivity index (χ1v) is 2.52. The fraction of sp³-hybridized carbons (Fsp3) is 0.286. The van der Waals surface area contributed by atoms with Crippen LogP contribution in [0.5, 0.6) is 0 Å². The van der Waals surface area contributed by atoms with E-state index in [1.807, 2.05) is 13.0 Å². The molecule has 0 aromatic heterocycles. The van der Waals surface area contributed by atoms with Crippen LogP contribution in [0.15, 0.2) is 29.3 Å². The molecule has 0 unspecified atom stereocenters. The number of aliphatic imine (C=N–C) groups is 1. The molecular weight excluding hydrogens is 98.1 g/mol. The smallest absolute Gasteiger partial charge is 0.0277 e. The van der Waals surface area contributed by atoms with E-state index in [4.69, 9.17) is 0 Å². The minimum atomic E-state index is 1.13. The van der Waals surface area contributed by atoms with Gasteiger partial charge in [0, 0.05) is 13.3 Å². The third kappa shape index (κ3) is 3.34. The van der Waals surface area contributed by atoms with Crippen molar-refractivity contribution >= 4 is 6.21 Å². The number of allylic oxidation sites excluding steroid dienone is 3. The monoisotopic (exact) mass is 109 g/mol. The van der Waals surface area contributed by atoms with E-state index >= 15 is 0 Å². The van der Waals surface area contributed by atoms with Gasteiger partial charge in [0.1, 0.15) is 0 Å². The maximum Gasteiger partial charge on any atom is 0.0277 e. The molecule has 0 rings (SSSR count). The Labute approximate surface area is 50.4 Å². The molecule has 44 valence electrons. The van der Waals surface area contributed by atoms with Crippen LogP contribution in [0.3, 0.4) is 0 Å². The summed E-state index contributed by atoms with van der Waals surface area (Å²) in [5.41, 5.74) is 1.13. The fourth-order valence-corrected chi connectivity index (χ4v) is 0.433. The third-order valence-electron chi connectivity index (χ3n) is 0.713. The standard InChI is InChI=1S/C7H11N/c1-4-5-7(2)6-8-3/h4-6H,1H2,2-3H3/b7-5+,8-6?. The highest BCUT2D eigenvalue weighted by Crippen LogP contribution is 1.85. The van der Waals surface area contributed by atoms with Crippen LogP contribution in [-0.4, -0.2) is 13.3 Å². The number of hydrogen-bond acceptors (Lipinski definition) is 1. The molecule has 0 saturated carbocycles. The molecule has 1 heteroatoms. The summed E-state index contributed by atoms with van der Waals surface area (Å²) in [4.78, 5) is 3.81. The van der Waals surface area contributed by atoms with Gasteiger partial charge in [-0.25, -0.2) is 0 Å². The van der Waals surface area contributed by atoms with Crippen molar-refractivity contribution in [2.24, 2.45) is 4.99 Å². The second-order valence-electron chi connectivity index (χ2n) is 1.53. The van der Waals surface area contributed by atoms with E-state index in [9.17, 15) is 0 Å². The number of hydrogen-bond donors (Lipinski definition) is 0. The average molecular weight is 109 g/mol. The summed E-state index contributed by atoms with van der Waals surface area (Å²) in [6, 6.07) is 0. The normalized spacial score (nSPS) is 12.5. The van der Waals surface area contributed by atoms with Gasteiger partial charge in [0.05, 0.1) is 0 Å². The Hall–Kier alpha value is -0.850. The molecular formula is C7H11N. The lowest BCUT2D eigenvalue weighted by atomic mass is 10.3. The zero-order valence-corrected chi connectivity index (χ0v) is 5.39. The van der Waals surface area contributed by atoms with Gasteiger partial charge in [-0.2, -0.15) is 0 Å². The van der Waals surface area contributed by atoms with Crippen LogP contribution < -0.4 is 0 Å². The fourth-order valence-electron chi connectivity index (χ4n) is 0.433. The minimum absolute atomic E-state index is 1.13. The topological polar surface area (TPSA) is 12.4 Å². The summed E-state index contributed by atoms with van der Waals surface area (Å²) < 4.78 is 0. The highest BCUT2D eigenvalue weighted by molar-refractivity contribution is 5.77. The van der Waals surface area contributed by atoms with Crippen molar-refractivity contribution in [1.82, 2.24) is 0 Å². The van der Waals surface area contributed by atoms with Crippen LogP contribution in [0.25, 0.3) is 0 Å². The molecule has 0 bridgehead atoms. The Balaban J connectivity index is 3.79. The van der Waals surface area contributed by atoms with Crippen LogP contribution in [0.1, 0.15) is 6.92 Å². The summed E-state index contributed by atoms with van der Waals surface area (Å²) in [6.07, 6.45) is 5.45. The Morgan fingerprint density at radius 3 is 2.62 bits per heavy atom. The van der Waals surface area contributed by atoms with Crippen molar-refractivity contribution in [3.8, 4) is 0 Å². The van der Waals surface area contributed by atoms with E-state index < -0.39 is 0 Å². The molecule has 8 heavy (non-hydrogen) atoms. The van der Waals surface area contributed by atoms with E-state index in [1.165, 1.54) is 0 Å². The van der Waals surface area contributed by atoms with Crippen molar-refractivity contribution in [3.05, 3.63) is 24.3 Å². The van der Waals surface area contributed by atoms with E-state index in [2.05, 4.69) is 11.6 Å². The first kappa shape index (κ1) is 7.15. The highest BCUT2D eigenvalue weighted by atomic mass is 14.6. The van der Waals surface area contributed by atoms with Gasteiger partial charge in [-0.3, -0.25) is 4.99 Å². The molecule has 0 spiro atoms. The van der Waals surface area contributed by atoms with E-state index in [0.29, 0.717) is 0 Å². The Bertz CT molecular complexity index is 120. The zero-order valence-electron chi connectivity index (χ0n) is 5.39. The average Bonchev–Trinajstić information content (AvgIpc) is 1.68. The van der Waals surface area contributed by atoms with E-state index in [0.717, 1.165) is 5.57 Å². The van der Waals surface area contributed by atoms with Crippen LogP contribution in [0.2, 0.25) is 0 Å². The van der Waals surface area contributed by atoms with Gasteiger partial charge >= 0.3 is 0 Å². The van der Waals surface area contributed by atoms with Crippen LogP contribution >= 0.6 is 0 Å². The van der Waals surface area contributed by atoms with Crippen LogP contribution in [-0.2, 0) is 0 Å². The second-order valence-corrected chi connectivity index (χ2v) is 1.53. The SMILES string of the molecule is C=C/C=C(\C)C=NC. The van der Waals surface area contributed by atoms with Gasteiger partial charge in [-0.15, -0.1) is 0 Å². The molecule has 0 fully saturated rings. The van der Waals surface area contributed by atoms with Crippen molar-refractivity contribution in [1.29, 1.82) is 0 Å². The molecule has 0 aliphatic rings. The molecule has 0 heterocycles. The van der Waals surface area contributed by atoms with Gasteiger partial charge in [0.2, 0.25) is 0 Å². The Morgan fingerprint density at radius 2 is 2.25 bits per heavy atom. The summed E-state index contributed by atoms with van der Waals surface area (Å²) in [5, 5.41) is 0. The van der Waals surface area contributed by atoms with Gasteiger partial charge in [0.25, 0.3) is 0 Å². The zero-order chi connectivity index (χ0) is 6.41.